The van der Waals surface area contributed by atoms with Gasteiger partial charge in [-0.25, -0.2) is 14.4 Å². The summed E-state index contributed by atoms with van der Waals surface area (Å²) in [7, 11) is 0. The normalized spacial score (nSPS) is 11.8. The van der Waals surface area contributed by atoms with Crippen LogP contribution in [0.2, 0.25) is 0 Å². The lowest BCUT2D eigenvalue weighted by atomic mass is 10.0. The lowest BCUT2D eigenvalue weighted by Crippen LogP contribution is -2.42. The second kappa shape index (κ2) is 17.8. The van der Waals surface area contributed by atoms with Gasteiger partial charge >= 0.3 is 24.1 Å². The maximum Gasteiger partial charge on any atom is 0.436 e. The van der Waals surface area contributed by atoms with Crippen molar-refractivity contribution in [2.75, 3.05) is 13.2 Å². The molecule has 1 atom stereocenters. The molecule has 0 aliphatic rings. The molecule has 1 unspecified atom stereocenters. The first-order valence-electron chi connectivity index (χ1n) is 15.2. The summed E-state index contributed by atoms with van der Waals surface area (Å²) >= 11 is 0. The Morgan fingerprint density at radius 3 is 1.73 bits per heavy atom. The van der Waals surface area contributed by atoms with Gasteiger partial charge in [-0.3, -0.25) is 0 Å². The fraction of sp³-hybridized carbons (Fsp3) is 0.400. The summed E-state index contributed by atoms with van der Waals surface area (Å²) in [4.78, 5) is 36.8. The Labute approximate surface area is 261 Å². The topological polar surface area (TPSA) is 88.1 Å². The van der Waals surface area contributed by atoms with E-state index in [1.54, 1.807) is 31.2 Å². The van der Waals surface area contributed by atoms with Crippen LogP contribution in [-0.2, 0) is 14.3 Å². The molecule has 3 aromatic rings. The van der Waals surface area contributed by atoms with E-state index in [0.29, 0.717) is 19.4 Å². The SMILES string of the molecule is CCCCCCCCOc1ccc(-c2ccc(C(=O)Oc3ccc(C(=O)OC(C(=O)OCCCC)C(F)(F)F)cc3)cc2)cc1. The Morgan fingerprint density at radius 1 is 0.622 bits per heavy atom. The first-order chi connectivity index (χ1) is 21.6. The molecule has 0 bridgehead atoms. The van der Waals surface area contributed by atoms with Crippen molar-refractivity contribution in [1.29, 1.82) is 0 Å². The highest BCUT2D eigenvalue weighted by Gasteiger charge is 2.49. The van der Waals surface area contributed by atoms with Crippen LogP contribution >= 0.6 is 0 Å². The molecular weight excluding hydrogens is 589 g/mol. The lowest BCUT2D eigenvalue weighted by molar-refractivity contribution is -0.218. The van der Waals surface area contributed by atoms with Gasteiger partial charge < -0.3 is 18.9 Å². The molecule has 0 spiro atoms. The summed E-state index contributed by atoms with van der Waals surface area (Å²) in [5.41, 5.74) is 1.85. The molecule has 0 fully saturated rings. The summed E-state index contributed by atoms with van der Waals surface area (Å²) in [6.07, 6.45) is -0.0151. The quantitative estimate of drug-likeness (QED) is 0.0839. The maximum atomic E-state index is 13.3. The number of carbonyl (C=O) groups excluding carboxylic acids is 3. The Hall–Kier alpha value is -4.34. The Kier molecular flexibility index (Phi) is 13.9. The molecule has 7 nitrogen and oxygen atoms in total. The number of unbranched alkanes of at least 4 members (excludes halogenated alkanes) is 6. The monoisotopic (exact) mass is 628 g/mol. The Balaban J connectivity index is 1.51. The van der Waals surface area contributed by atoms with E-state index < -0.39 is 30.2 Å². The lowest BCUT2D eigenvalue weighted by Gasteiger charge is -2.19. The Bertz CT molecular complexity index is 1350. The van der Waals surface area contributed by atoms with Crippen molar-refractivity contribution in [2.24, 2.45) is 0 Å². The number of rotatable bonds is 17. The standard InChI is InChI=1S/C35H39F3O7/c1-3-5-7-8-9-10-24-42-29-19-15-26(16-20-29)25-11-13-27(14-12-25)32(39)44-30-21-17-28(18-22-30)33(40)45-31(35(36,37)38)34(41)43-23-6-4-2/h11-22,31H,3-10,23-24H2,1-2H3. The number of ether oxygens (including phenoxy) is 4. The zero-order valence-corrected chi connectivity index (χ0v) is 25.6. The minimum Gasteiger partial charge on any atom is -0.494 e. The van der Waals surface area contributed by atoms with Crippen molar-refractivity contribution >= 4 is 17.9 Å². The molecule has 0 saturated carbocycles. The second-order valence-electron chi connectivity index (χ2n) is 10.5. The molecule has 0 radical (unpaired) electrons. The first-order valence-corrected chi connectivity index (χ1v) is 15.2. The number of halogens is 3. The van der Waals surface area contributed by atoms with Gasteiger partial charge in [0, 0.05) is 0 Å². The van der Waals surface area contributed by atoms with Crippen molar-refractivity contribution in [1.82, 2.24) is 0 Å². The van der Waals surface area contributed by atoms with Crippen LogP contribution in [0.5, 0.6) is 11.5 Å². The van der Waals surface area contributed by atoms with Gasteiger partial charge in [-0.2, -0.15) is 13.2 Å². The second-order valence-corrected chi connectivity index (χ2v) is 10.5. The van der Waals surface area contributed by atoms with E-state index in [0.717, 1.165) is 41.9 Å². The number of hydrogen-bond acceptors (Lipinski definition) is 7. The van der Waals surface area contributed by atoms with Crippen LogP contribution in [0.25, 0.3) is 11.1 Å². The molecule has 3 aromatic carbocycles. The van der Waals surface area contributed by atoms with Gasteiger partial charge in [0.15, 0.2) is 0 Å². The fourth-order valence-corrected chi connectivity index (χ4v) is 4.26. The smallest absolute Gasteiger partial charge is 0.436 e. The highest BCUT2D eigenvalue weighted by atomic mass is 19.4. The number of carbonyl (C=O) groups is 3. The van der Waals surface area contributed by atoms with Crippen molar-refractivity contribution in [3.8, 4) is 22.6 Å². The van der Waals surface area contributed by atoms with E-state index in [1.807, 2.05) is 24.3 Å². The molecule has 10 heteroatoms. The van der Waals surface area contributed by atoms with Crippen molar-refractivity contribution < 1.29 is 46.5 Å². The molecule has 0 saturated heterocycles. The van der Waals surface area contributed by atoms with E-state index in [1.165, 1.54) is 37.8 Å². The van der Waals surface area contributed by atoms with Crippen molar-refractivity contribution in [3.05, 3.63) is 83.9 Å². The minimum absolute atomic E-state index is 0.0588. The van der Waals surface area contributed by atoms with Crippen LogP contribution in [0.1, 0.15) is 85.9 Å². The Morgan fingerprint density at radius 2 is 1.13 bits per heavy atom. The van der Waals surface area contributed by atoms with Gasteiger partial charge in [0.2, 0.25) is 0 Å². The largest absolute Gasteiger partial charge is 0.494 e. The summed E-state index contributed by atoms with van der Waals surface area (Å²) in [6.45, 7) is 4.44. The molecule has 3 rings (SSSR count). The van der Waals surface area contributed by atoms with Gasteiger partial charge in [-0.1, -0.05) is 76.6 Å². The van der Waals surface area contributed by atoms with Crippen LogP contribution < -0.4 is 9.47 Å². The van der Waals surface area contributed by atoms with E-state index >= 15 is 0 Å². The van der Waals surface area contributed by atoms with Crippen molar-refractivity contribution in [3.63, 3.8) is 0 Å². The van der Waals surface area contributed by atoms with Crippen LogP contribution in [0.3, 0.4) is 0 Å². The molecule has 242 valence electrons. The predicted octanol–water partition coefficient (Wildman–Crippen LogP) is 8.74. The van der Waals surface area contributed by atoms with Gasteiger partial charge in [0.25, 0.3) is 6.10 Å². The van der Waals surface area contributed by atoms with E-state index in [4.69, 9.17) is 9.47 Å². The molecule has 0 aromatic heterocycles. The minimum atomic E-state index is -5.14. The van der Waals surface area contributed by atoms with Crippen LogP contribution in [0.4, 0.5) is 13.2 Å². The van der Waals surface area contributed by atoms with Crippen LogP contribution in [0.15, 0.2) is 72.8 Å². The average Bonchev–Trinajstić information content (AvgIpc) is 3.03. The molecular formula is C35H39F3O7. The van der Waals surface area contributed by atoms with Gasteiger partial charge in [0.05, 0.1) is 24.3 Å². The summed E-state index contributed by atoms with van der Waals surface area (Å²) in [5, 5.41) is 0. The number of esters is 3. The maximum absolute atomic E-state index is 13.3. The van der Waals surface area contributed by atoms with E-state index in [9.17, 15) is 27.6 Å². The van der Waals surface area contributed by atoms with Gasteiger partial charge in [0.1, 0.15) is 11.5 Å². The predicted molar refractivity (Wildman–Crippen MR) is 163 cm³/mol. The molecule has 0 N–H and O–H groups in total. The van der Waals surface area contributed by atoms with Crippen LogP contribution in [-0.4, -0.2) is 43.4 Å². The van der Waals surface area contributed by atoms with Crippen molar-refractivity contribution in [2.45, 2.75) is 77.5 Å². The van der Waals surface area contributed by atoms with Gasteiger partial charge in [-0.05, 0) is 72.5 Å². The van der Waals surface area contributed by atoms with Crippen LogP contribution in [0, 0.1) is 0 Å². The third-order valence-electron chi connectivity index (χ3n) is 6.85. The van der Waals surface area contributed by atoms with E-state index in [-0.39, 0.29) is 23.5 Å². The zero-order chi connectivity index (χ0) is 32.7. The highest BCUT2D eigenvalue weighted by Crippen LogP contribution is 2.26. The zero-order valence-electron chi connectivity index (χ0n) is 25.6. The average molecular weight is 629 g/mol. The molecule has 0 amide bonds. The van der Waals surface area contributed by atoms with Gasteiger partial charge in [-0.15, -0.1) is 0 Å². The summed E-state index contributed by atoms with van der Waals surface area (Å²) in [6, 6.07) is 19.3. The molecule has 0 aliphatic carbocycles. The third-order valence-corrected chi connectivity index (χ3v) is 6.85. The molecule has 45 heavy (non-hydrogen) atoms. The number of hydrogen-bond donors (Lipinski definition) is 0. The first kappa shape index (κ1) is 35.1. The summed E-state index contributed by atoms with van der Waals surface area (Å²) < 4.78 is 60.1. The number of alkyl halides is 3. The molecule has 0 heterocycles. The highest BCUT2D eigenvalue weighted by molar-refractivity contribution is 5.93. The fourth-order valence-electron chi connectivity index (χ4n) is 4.26. The number of benzene rings is 3. The summed E-state index contributed by atoms with van der Waals surface area (Å²) in [5.74, 6) is -2.87. The third kappa shape index (κ3) is 11.6. The molecule has 0 aliphatic heterocycles. The van der Waals surface area contributed by atoms with E-state index in [2.05, 4.69) is 16.4 Å².